The van der Waals surface area contributed by atoms with Gasteiger partial charge in [-0.15, -0.1) is 0 Å². The van der Waals surface area contributed by atoms with Crippen LogP contribution in [0, 0.1) is 0 Å². The van der Waals surface area contributed by atoms with Crippen molar-refractivity contribution in [3.63, 3.8) is 0 Å². The van der Waals surface area contributed by atoms with E-state index in [-0.39, 0.29) is 5.97 Å². The summed E-state index contributed by atoms with van der Waals surface area (Å²) in [6.45, 7) is 2.30. The van der Waals surface area contributed by atoms with Gasteiger partial charge in [-0.2, -0.15) is 11.8 Å². The van der Waals surface area contributed by atoms with E-state index in [9.17, 15) is 4.79 Å². The van der Waals surface area contributed by atoms with Gasteiger partial charge in [-0.3, -0.25) is 4.79 Å². The summed E-state index contributed by atoms with van der Waals surface area (Å²) in [4.78, 5) is 11.0. The molecular weight excluding hydrogens is 352 g/mol. The van der Waals surface area contributed by atoms with Crippen LogP contribution in [0.5, 0.6) is 0 Å². The van der Waals surface area contributed by atoms with Gasteiger partial charge in [0.15, 0.2) is 0 Å². The summed E-state index contributed by atoms with van der Waals surface area (Å²) in [5.41, 5.74) is 0. The minimum atomic E-state index is -0.0619. The van der Waals surface area contributed by atoms with Crippen LogP contribution in [0.15, 0.2) is 0 Å². The predicted molar refractivity (Wildman–Crippen MR) is 121 cm³/mol. The van der Waals surface area contributed by atoms with Crippen LogP contribution in [0.4, 0.5) is 0 Å². The van der Waals surface area contributed by atoms with Gasteiger partial charge < -0.3 is 4.74 Å². The normalized spacial score (nSPS) is 18.6. The van der Waals surface area contributed by atoms with E-state index in [1.807, 2.05) is 0 Å². The Kier molecular flexibility index (Phi) is 16.5. The van der Waals surface area contributed by atoms with Gasteiger partial charge in [0.1, 0.15) is 0 Å². The van der Waals surface area contributed by atoms with Crippen LogP contribution in [0.1, 0.15) is 129 Å². The molecule has 0 aromatic heterocycles. The first-order valence-electron chi connectivity index (χ1n) is 12.0. The Balaban J connectivity index is 1.69. The fourth-order valence-corrected chi connectivity index (χ4v) is 5.18. The Morgan fingerprint density at radius 3 is 1.52 bits per heavy atom. The average Bonchev–Trinajstić information content (AvgIpc) is 3.43. The molecule has 0 saturated carbocycles. The maximum absolute atomic E-state index is 11.0. The maximum atomic E-state index is 11.0. The standard InChI is InChI=1S/C24H46O2S/c1-3-4-5-16-19-22-23(27-22)20-17-14-12-10-8-6-7-9-11-13-15-18-21-24(25)26-2/h22-23H,3-21H2,1-2H3. The highest BCUT2D eigenvalue weighted by molar-refractivity contribution is 8.07. The molecule has 0 amide bonds. The third kappa shape index (κ3) is 15.4. The van der Waals surface area contributed by atoms with Gasteiger partial charge in [0, 0.05) is 16.9 Å². The molecule has 0 N–H and O–H groups in total. The second-order valence-corrected chi connectivity index (χ2v) is 9.90. The van der Waals surface area contributed by atoms with E-state index in [0.717, 1.165) is 16.9 Å². The molecule has 1 saturated heterocycles. The first kappa shape index (κ1) is 24.9. The summed E-state index contributed by atoms with van der Waals surface area (Å²) in [5, 5.41) is 2.06. The fourth-order valence-electron chi connectivity index (χ4n) is 3.94. The van der Waals surface area contributed by atoms with Crippen LogP contribution in [0.3, 0.4) is 0 Å². The molecule has 2 atom stereocenters. The van der Waals surface area contributed by atoms with E-state index in [1.54, 1.807) is 0 Å². The molecule has 0 aromatic rings. The molecule has 0 aromatic carbocycles. The van der Waals surface area contributed by atoms with Crippen LogP contribution in [-0.4, -0.2) is 23.6 Å². The van der Waals surface area contributed by atoms with Gasteiger partial charge in [-0.1, -0.05) is 103 Å². The minimum absolute atomic E-state index is 0.0619. The first-order valence-corrected chi connectivity index (χ1v) is 12.9. The molecule has 2 unspecified atom stereocenters. The smallest absolute Gasteiger partial charge is 0.305 e. The zero-order valence-electron chi connectivity index (χ0n) is 18.3. The van der Waals surface area contributed by atoms with Crippen LogP contribution < -0.4 is 0 Å². The topological polar surface area (TPSA) is 26.3 Å². The van der Waals surface area contributed by atoms with Crippen molar-refractivity contribution in [2.24, 2.45) is 0 Å². The summed E-state index contributed by atoms with van der Waals surface area (Å²) >= 11 is 2.26. The Hall–Kier alpha value is -0.180. The number of rotatable bonds is 20. The number of methoxy groups -OCH3 is 1. The molecule has 0 spiro atoms. The van der Waals surface area contributed by atoms with Gasteiger partial charge in [0.05, 0.1) is 7.11 Å². The van der Waals surface area contributed by atoms with Crippen LogP contribution in [0.25, 0.3) is 0 Å². The predicted octanol–water partition coefficient (Wildman–Crippen LogP) is 8.08. The van der Waals surface area contributed by atoms with Crippen LogP contribution in [-0.2, 0) is 9.53 Å². The second-order valence-electron chi connectivity index (χ2n) is 8.42. The minimum Gasteiger partial charge on any atom is -0.469 e. The molecule has 3 heteroatoms. The lowest BCUT2D eigenvalue weighted by Gasteiger charge is -2.03. The van der Waals surface area contributed by atoms with Gasteiger partial charge in [0.2, 0.25) is 0 Å². The van der Waals surface area contributed by atoms with Gasteiger partial charge in [-0.25, -0.2) is 0 Å². The van der Waals surface area contributed by atoms with Crippen LogP contribution in [0.2, 0.25) is 0 Å². The Morgan fingerprint density at radius 2 is 1.07 bits per heavy atom. The Bertz CT molecular complexity index is 345. The third-order valence-corrected chi connectivity index (χ3v) is 7.39. The summed E-state index contributed by atoms with van der Waals surface area (Å²) in [6, 6.07) is 0. The highest BCUT2D eigenvalue weighted by atomic mass is 32.2. The molecule has 0 aliphatic carbocycles. The zero-order chi connectivity index (χ0) is 19.6. The molecule has 1 fully saturated rings. The van der Waals surface area contributed by atoms with Crippen molar-refractivity contribution in [2.45, 2.75) is 139 Å². The molecular formula is C24H46O2S. The molecule has 1 aliphatic heterocycles. The molecule has 1 aliphatic rings. The number of carbonyl (C=O) groups excluding carboxylic acids is 1. The van der Waals surface area contributed by atoms with E-state index in [0.29, 0.717) is 6.42 Å². The van der Waals surface area contributed by atoms with E-state index in [2.05, 4.69) is 23.4 Å². The number of carbonyl (C=O) groups is 1. The lowest BCUT2D eigenvalue weighted by molar-refractivity contribution is -0.140. The SMILES string of the molecule is CCCCCCC1SC1CCCCCCCCCCCCCCC(=O)OC. The maximum Gasteiger partial charge on any atom is 0.305 e. The van der Waals surface area contributed by atoms with Crippen molar-refractivity contribution in [1.29, 1.82) is 0 Å². The van der Waals surface area contributed by atoms with Gasteiger partial charge >= 0.3 is 5.97 Å². The number of hydrogen-bond donors (Lipinski definition) is 0. The number of ether oxygens (including phenoxy) is 1. The summed E-state index contributed by atoms with van der Waals surface area (Å²) in [6.07, 6.45) is 25.5. The molecule has 2 nitrogen and oxygen atoms in total. The largest absolute Gasteiger partial charge is 0.469 e. The monoisotopic (exact) mass is 398 g/mol. The van der Waals surface area contributed by atoms with Crippen molar-refractivity contribution in [2.75, 3.05) is 7.11 Å². The van der Waals surface area contributed by atoms with Crippen molar-refractivity contribution in [1.82, 2.24) is 0 Å². The van der Waals surface area contributed by atoms with Crippen molar-refractivity contribution in [3.05, 3.63) is 0 Å². The van der Waals surface area contributed by atoms with E-state index < -0.39 is 0 Å². The van der Waals surface area contributed by atoms with Crippen molar-refractivity contribution >= 4 is 17.7 Å². The third-order valence-electron chi connectivity index (χ3n) is 5.88. The quantitative estimate of drug-likeness (QED) is 0.118. The molecule has 160 valence electrons. The van der Waals surface area contributed by atoms with Crippen LogP contribution >= 0.6 is 11.8 Å². The van der Waals surface area contributed by atoms with E-state index in [1.165, 1.54) is 116 Å². The van der Waals surface area contributed by atoms with E-state index in [4.69, 9.17) is 0 Å². The average molecular weight is 399 g/mol. The number of hydrogen-bond acceptors (Lipinski definition) is 3. The Labute approximate surface area is 174 Å². The number of thioether (sulfide) groups is 1. The Morgan fingerprint density at radius 1 is 0.667 bits per heavy atom. The number of unbranched alkanes of at least 4 members (excludes halogenated alkanes) is 14. The van der Waals surface area contributed by atoms with Gasteiger partial charge in [0.25, 0.3) is 0 Å². The highest BCUT2D eigenvalue weighted by Gasteiger charge is 2.36. The molecule has 27 heavy (non-hydrogen) atoms. The lowest BCUT2D eigenvalue weighted by Crippen LogP contribution is -1.99. The van der Waals surface area contributed by atoms with E-state index >= 15 is 0 Å². The van der Waals surface area contributed by atoms with Gasteiger partial charge in [-0.05, 0) is 19.3 Å². The highest BCUT2D eigenvalue weighted by Crippen LogP contribution is 2.47. The molecule has 0 bridgehead atoms. The van der Waals surface area contributed by atoms with Crippen molar-refractivity contribution < 1.29 is 9.53 Å². The van der Waals surface area contributed by atoms with Crippen molar-refractivity contribution in [3.8, 4) is 0 Å². The molecule has 1 rings (SSSR count). The second kappa shape index (κ2) is 17.9. The summed E-state index contributed by atoms with van der Waals surface area (Å²) in [5.74, 6) is -0.0619. The molecule has 0 radical (unpaired) electrons. The summed E-state index contributed by atoms with van der Waals surface area (Å²) < 4.78 is 4.66. The number of esters is 1. The first-order chi connectivity index (χ1) is 13.3. The fraction of sp³-hybridized carbons (Fsp3) is 0.958. The lowest BCUT2D eigenvalue weighted by atomic mass is 10.0. The zero-order valence-corrected chi connectivity index (χ0v) is 19.1. The summed E-state index contributed by atoms with van der Waals surface area (Å²) in [7, 11) is 1.47. The molecule has 1 heterocycles.